The fourth-order valence-corrected chi connectivity index (χ4v) is 3.72. The number of benzene rings is 2. The van der Waals surface area contributed by atoms with E-state index >= 15 is 0 Å². The van der Waals surface area contributed by atoms with Gasteiger partial charge in [0.25, 0.3) is 5.91 Å². The standard InChI is InChI=1S/C24H30N2O5/c1-29-20-9-5-18(6-10-20)7-12-23(27)25-13-4-14-26(16-15-25)24(28)19-8-11-21(30-2)22(17-19)31-3/h5-6,8-11,17H,4,7,12-16H2,1-3H3. The number of rotatable bonds is 7. The van der Waals surface area contributed by atoms with Crippen molar-refractivity contribution in [3.8, 4) is 17.2 Å². The molecule has 0 radical (unpaired) electrons. The molecule has 7 nitrogen and oxygen atoms in total. The highest BCUT2D eigenvalue weighted by molar-refractivity contribution is 5.95. The highest BCUT2D eigenvalue weighted by Crippen LogP contribution is 2.28. The Kier molecular flexibility index (Phi) is 7.76. The van der Waals surface area contributed by atoms with Crippen molar-refractivity contribution >= 4 is 11.8 Å². The van der Waals surface area contributed by atoms with Gasteiger partial charge in [-0.2, -0.15) is 0 Å². The van der Waals surface area contributed by atoms with Crippen molar-refractivity contribution in [3.63, 3.8) is 0 Å². The fraction of sp³-hybridized carbons (Fsp3) is 0.417. The van der Waals surface area contributed by atoms with E-state index in [1.165, 1.54) is 0 Å². The van der Waals surface area contributed by atoms with Crippen LogP contribution in [0.2, 0.25) is 0 Å². The molecule has 0 atom stereocenters. The highest BCUT2D eigenvalue weighted by atomic mass is 16.5. The van der Waals surface area contributed by atoms with Crippen LogP contribution in [0.5, 0.6) is 17.2 Å². The number of aryl methyl sites for hydroxylation is 1. The molecule has 0 saturated carbocycles. The van der Waals surface area contributed by atoms with Gasteiger partial charge in [0.15, 0.2) is 11.5 Å². The molecule has 166 valence electrons. The number of ether oxygens (including phenoxy) is 3. The number of hydrogen-bond acceptors (Lipinski definition) is 5. The van der Waals surface area contributed by atoms with Gasteiger partial charge in [-0.1, -0.05) is 12.1 Å². The Balaban J connectivity index is 1.55. The average molecular weight is 427 g/mol. The number of nitrogens with zero attached hydrogens (tertiary/aromatic N) is 2. The molecule has 31 heavy (non-hydrogen) atoms. The summed E-state index contributed by atoms with van der Waals surface area (Å²) in [5.74, 6) is 1.98. The van der Waals surface area contributed by atoms with Gasteiger partial charge in [0, 0.05) is 38.2 Å². The zero-order valence-electron chi connectivity index (χ0n) is 18.4. The van der Waals surface area contributed by atoms with E-state index in [1.807, 2.05) is 29.2 Å². The van der Waals surface area contributed by atoms with Crippen LogP contribution in [0.1, 0.15) is 28.8 Å². The summed E-state index contributed by atoms with van der Waals surface area (Å²) in [7, 11) is 4.75. The van der Waals surface area contributed by atoms with Crippen molar-refractivity contribution in [1.82, 2.24) is 9.80 Å². The number of carbonyl (C=O) groups is 2. The Hall–Kier alpha value is -3.22. The molecular formula is C24H30N2O5. The van der Waals surface area contributed by atoms with E-state index in [2.05, 4.69) is 0 Å². The molecule has 1 aliphatic heterocycles. The van der Waals surface area contributed by atoms with Crippen LogP contribution in [-0.2, 0) is 11.2 Å². The lowest BCUT2D eigenvalue weighted by atomic mass is 10.1. The summed E-state index contributed by atoms with van der Waals surface area (Å²) < 4.78 is 15.7. The van der Waals surface area contributed by atoms with Crippen LogP contribution in [0.3, 0.4) is 0 Å². The third-order valence-electron chi connectivity index (χ3n) is 5.55. The summed E-state index contributed by atoms with van der Waals surface area (Å²) in [5, 5.41) is 0. The van der Waals surface area contributed by atoms with Gasteiger partial charge in [-0.25, -0.2) is 0 Å². The van der Waals surface area contributed by atoms with Crippen molar-refractivity contribution in [2.45, 2.75) is 19.3 Å². The van der Waals surface area contributed by atoms with Gasteiger partial charge in [-0.15, -0.1) is 0 Å². The van der Waals surface area contributed by atoms with Crippen LogP contribution in [0.25, 0.3) is 0 Å². The second-order valence-corrected chi connectivity index (χ2v) is 7.44. The maximum absolute atomic E-state index is 13.0. The normalized spacial score (nSPS) is 14.0. The van der Waals surface area contributed by atoms with Gasteiger partial charge in [0.2, 0.25) is 5.91 Å². The first-order valence-corrected chi connectivity index (χ1v) is 10.5. The van der Waals surface area contributed by atoms with E-state index in [9.17, 15) is 9.59 Å². The van der Waals surface area contributed by atoms with Crippen molar-refractivity contribution in [2.24, 2.45) is 0 Å². The monoisotopic (exact) mass is 426 g/mol. The van der Waals surface area contributed by atoms with E-state index in [4.69, 9.17) is 14.2 Å². The molecule has 7 heteroatoms. The molecule has 2 aromatic rings. The SMILES string of the molecule is COc1ccc(CCC(=O)N2CCCN(C(=O)c3ccc(OC)c(OC)c3)CC2)cc1. The van der Waals surface area contributed by atoms with E-state index < -0.39 is 0 Å². The summed E-state index contributed by atoms with van der Waals surface area (Å²) in [5.41, 5.74) is 1.66. The molecule has 2 amide bonds. The number of amides is 2. The van der Waals surface area contributed by atoms with Crippen molar-refractivity contribution in [2.75, 3.05) is 47.5 Å². The van der Waals surface area contributed by atoms with Crippen LogP contribution in [0.4, 0.5) is 0 Å². The minimum absolute atomic E-state index is 0.0616. The topological polar surface area (TPSA) is 68.3 Å². The minimum Gasteiger partial charge on any atom is -0.497 e. The first-order chi connectivity index (χ1) is 15.0. The summed E-state index contributed by atoms with van der Waals surface area (Å²) in [6.07, 6.45) is 1.90. The van der Waals surface area contributed by atoms with Gasteiger partial charge < -0.3 is 24.0 Å². The molecule has 2 aromatic carbocycles. The molecule has 1 aliphatic rings. The highest BCUT2D eigenvalue weighted by Gasteiger charge is 2.23. The Labute approximate surface area is 183 Å². The lowest BCUT2D eigenvalue weighted by molar-refractivity contribution is -0.131. The molecule has 0 spiro atoms. The average Bonchev–Trinajstić information content (AvgIpc) is 3.08. The Bertz CT molecular complexity index is 897. The maximum Gasteiger partial charge on any atom is 0.254 e. The largest absolute Gasteiger partial charge is 0.497 e. The summed E-state index contributed by atoms with van der Waals surface area (Å²) in [6.45, 7) is 2.34. The Morgan fingerprint density at radius 1 is 0.806 bits per heavy atom. The van der Waals surface area contributed by atoms with Crippen LogP contribution < -0.4 is 14.2 Å². The number of carbonyl (C=O) groups excluding carboxylic acids is 2. The van der Waals surface area contributed by atoms with Crippen LogP contribution >= 0.6 is 0 Å². The molecule has 1 heterocycles. The Morgan fingerprint density at radius 2 is 1.48 bits per heavy atom. The lowest BCUT2D eigenvalue weighted by Crippen LogP contribution is -2.37. The third kappa shape index (κ3) is 5.69. The van der Waals surface area contributed by atoms with Crippen LogP contribution in [-0.4, -0.2) is 69.1 Å². The molecule has 0 bridgehead atoms. The second kappa shape index (κ2) is 10.7. The van der Waals surface area contributed by atoms with E-state index in [0.29, 0.717) is 56.1 Å². The van der Waals surface area contributed by atoms with Crippen molar-refractivity contribution < 1.29 is 23.8 Å². The first kappa shape index (κ1) is 22.5. The summed E-state index contributed by atoms with van der Waals surface area (Å²) in [6, 6.07) is 13.0. The van der Waals surface area contributed by atoms with Gasteiger partial charge in [-0.3, -0.25) is 9.59 Å². The summed E-state index contributed by atoms with van der Waals surface area (Å²) in [4.78, 5) is 29.4. The fourth-order valence-electron chi connectivity index (χ4n) is 3.72. The summed E-state index contributed by atoms with van der Waals surface area (Å²) >= 11 is 0. The van der Waals surface area contributed by atoms with Crippen LogP contribution in [0.15, 0.2) is 42.5 Å². The van der Waals surface area contributed by atoms with E-state index in [1.54, 1.807) is 44.4 Å². The zero-order chi connectivity index (χ0) is 22.2. The van der Waals surface area contributed by atoms with Crippen molar-refractivity contribution in [3.05, 3.63) is 53.6 Å². The first-order valence-electron chi connectivity index (χ1n) is 10.5. The van der Waals surface area contributed by atoms with Gasteiger partial charge >= 0.3 is 0 Å². The molecule has 1 saturated heterocycles. The number of hydrogen-bond donors (Lipinski definition) is 0. The third-order valence-corrected chi connectivity index (χ3v) is 5.55. The van der Waals surface area contributed by atoms with Gasteiger partial charge in [0.05, 0.1) is 21.3 Å². The van der Waals surface area contributed by atoms with Crippen molar-refractivity contribution in [1.29, 1.82) is 0 Å². The molecular weight excluding hydrogens is 396 g/mol. The molecule has 3 rings (SSSR count). The molecule has 1 fully saturated rings. The van der Waals surface area contributed by atoms with Gasteiger partial charge in [-0.05, 0) is 48.7 Å². The molecule has 0 unspecified atom stereocenters. The molecule has 0 aliphatic carbocycles. The smallest absolute Gasteiger partial charge is 0.254 e. The quantitative estimate of drug-likeness (QED) is 0.681. The maximum atomic E-state index is 13.0. The van der Waals surface area contributed by atoms with Gasteiger partial charge in [0.1, 0.15) is 5.75 Å². The van der Waals surface area contributed by atoms with Crippen LogP contribution in [0, 0.1) is 0 Å². The lowest BCUT2D eigenvalue weighted by Gasteiger charge is -2.22. The second-order valence-electron chi connectivity index (χ2n) is 7.44. The van der Waals surface area contributed by atoms with E-state index in [0.717, 1.165) is 17.7 Å². The number of methoxy groups -OCH3 is 3. The predicted octanol–water partition coefficient (Wildman–Crippen LogP) is 3.02. The Morgan fingerprint density at radius 3 is 2.16 bits per heavy atom. The molecule has 0 N–H and O–H groups in total. The zero-order valence-corrected chi connectivity index (χ0v) is 18.4. The predicted molar refractivity (Wildman–Crippen MR) is 118 cm³/mol. The minimum atomic E-state index is -0.0616. The van der Waals surface area contributed by atoms with E-state index in [-0.39, 0.29) is 11.8 Å². The molecule has 0 aromatic heterocycles.